The molecule has 296 valence electrons. The van der Waals surface area contributed by atoms with Gasteiger partial charge in [0.15, 0.2) is 5.82 Å². The molecule has 4 aliphatic rings. The van der Waals surface area contributed by atoms with E-state index in [9.17, 15) is 9.59 Å². The van der Waals surface area contributed by atoms with E-state index >= 15 is 0 Å². The smallest absolute Gasteiger partial charge is 0.329 e. The van der Waals surface area contributed by atoms with Gasteiger partial charge in [0.05, 0.1) is 11.0 Å². The first-order valence-electron chi connectivity index (χ1n) is 20.4. The largest absolute Gasteiger partial charge is 0.474 e. The second-order valence-corrected chi connectivity index (χ2v) is 15.9. The van der Waals surface area contributed by atoms with Gasteiger partial charge < -0.3 is 25.2 Å². The number of nitrogens with one attached hydrogen (secondary N) is 3. The van der Waals surface area contributed by atoms with Gasteiger partial charge in [0.25, 0.3) is 0 Å². The van der Waals surface area contributed by atoms with E-state index in [0.717, 1.165) is 108 Å². The van der Waals surface area contributed by atoms with E-state index in [-0.39, 0.29) is 12.3 Å². The molecular weight excluding hydrogens is 731 g/mol. The number of nitrogens with zero attached hydrogens (tertiary/aromatic N) is 8. The van der Waals surface area contributed by atoms with Crippen LogP contribution >= 0.6 is 0 Å². The second kappa shape index (κ2) is 14.9. The van der Waals surface area contributed by atoms with Crippen LogP contribution in [0.25, 0.3) is 32.9 Å². The Labute approximate surface area is 336 Å². The van der Waals surface area contributed by atoms with Crippen molar-refractivity contribution in [2.45, 2.75) is 51.0 Å². The first kappa shape index (κ1) is 36.1. The van der Waals surface area contributed by atoms with Gasteiger partial charge in [0, 0.05) is 85.8 Å². The zero-order valence-corrected chi connectivity index (χ0v) is 32.9. The van der Waals surface area contributed by atoms with Crippen LogP contribution in [0.2, 0.25) is 0 Å². The highest BCUT2D eigenvalue weighted by Crippen LogP contribution is 2.37. The Balaban J connectivity index is 0.733. The topological polar surface area (TPSA) is 146 Å². The number of ether oxygens (including phenoxy) is 1. The fourth-order valence-corrected chi connectivity index (χ4v) is 9.21. The molecule has 0 aliphatic carbocycles. The van der Waals surface area contributed by atoms with Crippen molar-refractivity contribution < 1.29 is 14.3 Å². The highest BCUT2D eigenvalue weighted by Gasteiger charge is 2.31. The van der Waals surface area contributed by atoms with Crippen LogP contribution in [0.1, 0.15) is 49.1 Å². The van der Waals surface area contributed by atoms with Gasteiger partial charge in [-0.1, -0.05) is 24.3 Å². The van der Waals surface area contributed by atoms with E-state index in [1.54, 1.807) is 4.90 Å². The predicted octanol–water partition coefficient (Wildman–Crippen LogP) is 6.73. The lowest BCUT2D eigenvalue weighted by atomic mass is 9.88. The summed E-state index contributed by atoms with van der Waals surface area (Å²) in [6.07, 6.45) is 8.62. The van der Waals surface area contributed by atoms with Crippen molar-refractivity contribution in [2.75, 3.05) is 66.3 Å². The molecule has 0 unspecified atom stereocenters. The van der Waals surface area contributed by atoms with Gasteiger partial charge in [-0.25, -0.2) is 19.7 Å². The third kappa shape index (κ3) is 6.80. The Kier molecular flexibility index (Phi) is 9.27. The molecule has 10 rings (SSSR count). The Hall–Kier alpha value is -6.28. The van der Waals surface area contributed by atoms with Crippen LogP contribution in [0, 0.1) is 6.92 Å². The second-order valence-electron chi connectivity index (χ2n) is 15.9. The van der Waals surface area contributed by atoms with E-state index in [1.165, 1.54) is 11.3 Å². The van der Waals surface area contributed by atoms with Crippen LogP contribution in [-0.2, 0) is 11.8 Å². The molecule has 3 fully saturated rings. The number of carbonyl (C=O) groups is 2. The number of hydrogen-bond donors (Lipinski definition) is 3. The summed E-state index contributed by atoms with van der Waals surface area (Å²) >= 11 is 0. The van der Waals surface area contributed by atoms with E-state index < -0.39 is 6.03 Å². The monoisotopic (exact) mass is 777 g/mol. The number of benzene rings is 3. The highest BCUT2D eigenvalue weighted by atomic mass is 16.5. The Bertz CT molecular complexity index is 2540. The van der Waals surface area contributed by atoms with Crippen molar-refractivity contribution in [1.29, 1.82) is 0 Å². The van der Waals surface area contributed by atoms with Crippen molar-refractivity contribution in [2.24, 2.45) is 7.05 Å². The average molecular weight is 778 g/mol. The Morgan fingerprint density at radius 3 is 2.52 bits per heavy atom. The van der Waals surface area contributed by atoms with Gasteiger partial charge in [-0.2, -0.15) is 5.10 Å². The van der Waals surface area contributed by atoms with Crippen molar-refractivity contribution in [1.82, 2.24) is 34.9 Å². The normalized spacial score (nSPS) is 18.2. The molecular formula is C44H47N11O3. The van der Waals surface area contributed by atoms with Crippen LogP contribution in [0.5, 0.6) is 5.88 Å². The number of likely N-dealkylation sites (tertiary alicyclic amines) is 1. The number of hydrogen-bond acceptors (Lipinski definition) is 11. The minimum absolute atomic E-state index is 0.246. The molecule has 0 radical (unpaired) electrons. The first-order chi connectivity index (χ1) is 28.3. The molecule has 58 heavy (non-hydrogen) atoms. The summed E-state index contributed by atoms with van der Waals surface area (Å²) in [6, 6.07) is 21.6. The molecule has 6 aromatic rings. The minimum Gasteiger partial charge on any atom is -0.474 e. The van der Waals surface area contributed by atoms with Gasteiger partial charge in [-0.05, 0) is 105 Å². The van der Waals surface area contributed by atoms with Crippen LogP contribution in [0.3, 0.4) is 0 Å². The van der Waals surface area contributed by atoms with Crippen LogP contribution < -0.4 is 30.5 Å². The van der Waals surface area contributed by atoms with E-state index in [1.807, 2.05) is 24.1 Å². The summed E-state index contributed by atoms with van der Waals surface area (Å²) in [5.74, 6) is 2.13. The lowest BCUT2D eigenvalue weighted by molar-refractivity contribution is -0.120. The van der Waals surface area contributed by atoms with Crippen LogP contribution in [0.15, 0.2) is 73.1 Å². The highest BCUT2D eigenvalue weighted by molar-refractivity contribution is 6.09. The van der Waals surface area contributed by atoms with Crippen LogP contribution in [0.4, 0.5) is 33.6 Å². The third-order valence-corrected chi connectivity index (χ3v) is 12.5. The number of pyridine rings is 1. The zero-order valence-electron chi connectivity index (χ0n) is 32.9. The summed E-state index contributed by atoms with van der Waals surface area (Å²) in [6.45, 7) is 8.08. The molecule has 3 aromatic heterocycles. The number of fused-ring (bicyclic) bond motifs is 3. The fraction of sp³-hybridized carbons (Fsp3) is 0.364. The molecule has 4 aliphatic heterocycles. The number of amides is 3. The lowest BCUT2D eigenvalue weighted by Crippen LogP contribution is -2.49. The predicted molar refractivity (Wildman–Crippen MR) is 226 cm³/mol. The van der Waals surface area contributed by atoms with Crippen LogP contribution in [-0.4, -0.2) is 93.5 Å². The lowest BCUT2D eigenvalue weighted by Gasteiger charge is -2.42. The van der Waals surface area contributed by atoms with Crippen molar-refractivity contribution in [3.63, 3.8) is 0 Å². The molecule has 14 nitrogen and oxygen atoms in total. The summed E-state index contributed by atoms with van der Waals surface area (Å²) in [4.78, 5) is 45.0. The molecule has 0 bridgehead atoms. The summed E-state index contributed by atoms with van der Waals surface area (Å²) in [7, 11) is 1.91. The van der Waals surface area contributed by atoms with Gasteiger partial charge in [-0.3, -0.25) is 19.7 Å². The van der Waals surface area contributed by atoms with Crippen molar-refractivity contribution >= 4 is 62.6 Å². The Morgan fingerprint density at radius 2 is 1.71 bits per heavy atom. The van der Waals surface area contributed by atoms with Gasteiger partial charge >= 0.3 is 6.03 Å². The maximum Gasteiger partial charge on any atom is 0.329 e. The number of rotatable bonds is 7. The quantitative estimate of drug-likeness (QED) is 0.159. The number of aryl methyl sites for hydroxylation is 1. The number of urea groups is 1. The zero-order chi connectivity index (χ0) is 39.3. The molecule has 0 saturated carbocycles. The SMILES string of the molecule is Cc1c(-c2ccc3cnc(Nc4ccc(C5CCN(C6CCN(c7ccc8c(N9CCC(=O)NC9=O)nn(C)c8c7)CC6)CC5)cc4)nc3c2)cnc2c1NCCO2. The van der Waals surface area contributed by atoms with Gasteiger partial charge in [0.1, 0.15) is 12.3 Å². The fourth-order valence-electron chi connectivity index (χ4n) is 9.21. The molecule has 7 heterocycles. The minimum atomic E-state index is -0.412. The third-order valence-electron chi connectivity index (χ3n) is 12.5. The number of piperidine rings is 2. The molecule has 3 amide bonds. The molecule has 0 atom stereocenters. The van der Waals surface area contributed by atoms with Gasteiger partial charge in [-0.15, -0.1) is 0 Å². The first-order valence-corrected chi connectivity index (χ1v) is 20.4. The molecule has 3 N–H and O–H groups in total. The summed E-state index contributed by atoms with van der Waals surface area (Å²) in [5.41, 5.74) is 9.58. The number of carbonyl (C=O) groups excluding carboxylic acids is 2. The maximum absolute atomic E-state index is 12.5. The molecule has 3 saturated heterocycles. The molecule has 3 aromatic carbocycles. The van der Waals surface area contributed by atoms with E-state index in [4.69, 9.17) is 9.72 Å². The summed E-state index contributed by atoms with van der Waals surface area (Å²) in [5, 5.41) is 15.8. The molecule has 0 spiro atoms. The number of imide groups is 1. The number of aromatic nitrogens is 5. The van der Waals surface area contributed by atoms with Crippen molar-refractivity contribution in [3.8, 4) is 17.0 Å². The van der Waals surface area contributed by atoms with E-state index in [2.05, 4.69) is 108 Å². The van der Waals surface area contributed by atoms with Gasteiger partial charge in [0.2, 0.25) is 17.7 Å². The number of anilines is 5. The standard InChI is InChI=1S/C44H47N11O3/c1-27-36(26-46-42-40(27)45-16-22-58-42)30-3-4-31-25-47-43(49-37(31)23-30)48-32-7-5-28(6-8-32)29-11-17-53(18-12-29)33-13-19-54(20-14-33)34-9-10-35-38(24-34)52(2)51-41(35)55-21-15-39(56)50-44(55)57/h3-10,23-26,29,33,45H,11-22H2,1-2H3,(H,47,48,49)(H,50,56,57). The van der Waals surface area contributed by atoms with E-state index in [0.29, 0.717) is 42.8 Å². The van der Waals surface area contributed by atoms with Crippen molar-refractivity contribution in [3.05, 3.63) is 84.2 Å². The maximum atomic E-state index is 12.5. The average Bonchev–Trinajstić information content (AvgIpc) is 3.59. The summed E-state index contributed by atoms with van der Waals surface area (Å²) < 4.78 is 7.56. The molecule has 14 heteroatoms. The Morgan fingerprint density at radius 1 is 0.879 bits per heavy atom.